The third-order valence-electron chi connectivity index (χ3n) is 3.60. The van der Waals surface area contributed by atoms with Crippen LogP contribution in [0.25, 0.3) is 10.4 Å². The van der Waals surface area contributed by atoms with Crippen LogP contribution >= 0.6 is 11.3 Å². The standard InChI is InChI=1S/C15H15F3N2OS2/c16-15(17,18)9-14-19-10-13(22-14)11-1-3-12(4-2-11)20-5-7-23(21)8-6-20/h1-4,10H,5-9H2. The van der Waals surface area contributed by atoms with Gasteiger partial charge in [-0.1, -0.05) is 12.1 Å². The topological polar surface area (TPSA) is 33.2 Å². The van der Waals surface area contributed by atoms with Gasteiger partial charge in [-0.05, 0) is 17.7 Å². The second-order valence-corrected chi connectivity index (χ2v) is 8.10. The molecule has 0 bridgehead atoms. The number of anilines is 1. The van der Waals surface area contributed by atoms with Crippen LogP contribution in [0.2, 0.25) is 0 Å². The Bertz CT molecular complexity index is 687. The van der Waals surface area contributed by atoms with Gasteiger partial charge in [0.2, 0.25) is 0 Å². The normalized spacial score (nSPS) is 16.7. The summed E-state index contributed by atoms with van der Waals surface area (Å²) >= 11 is 1.07. The van der Waals surface area contributed by atoms with Crippen LogP contribution in [0.3, 0.4) is 0 Å². The maximum absolute atomic E-state index is 12.4. The molecule has 0 aliphatic carbocycles. The van der Waals surface area contributed by atoms with Crippen molar-refractivity contribution >= 4 is 27.8 Å². The largest absolute Gasteiger partial charge is 0.395 e. The SMILES string of the molecule is O=S1CCN(c2ccc(-c3cnc(CC(F)(F)F)s3)cc2)CC1. The second kappa shape index (κ2) is 6.60. The summed E-state index contributed by atoms with van der Waals surface area (Å²) in [6, 6.07) is 7.69. The first-order valence-electron chi connectivity index (χ1n) is 7.12. The lowest BCUT2D eigenvalue weighted by Gasteiger charge is -2.28. The number of thiazole rings is 1. The molecule has 0 spiro atoms. The molecule has 3 rings (SSSR count). The van der Waals surface area contributed by atoms with Gasteiger partial charge in [-0.3, -0.25) is 4.21 Å². The molecule has 1 aliphatic rings. The van der Waals surface area contributed by atoms with Crippen LogP contribution in [0.4, 0.5) is 18.9 Å². The van der Waals surface area contributed by atoms with Gasteiger partial charge in [0, 0.05) is 47.3 Å². The van der Waals surface area contributed by atoms with E-state index >= 15 is 0 Å². The number of nitrogens with zero attached hydrogens (tertiary/aromatic N) is 2. The van der Waals surface area contributed by atoms with E-state index in [2.05, 4.69) is 9.88 Å². The molecule has 124 valence electrons. The van der Waals surface area contributed by atoms with Gasteiger partial charge in [-0.2, -0.15) is 13.2 Å². The highest BCUT2D eigenvalue weighted by molar-refractivity contribution is 7.85. The van der Waals surface area contributed by atoms with Gasteiger partial charge >= 0.3 is 6.18 Å². The van der Waals surface area contributed by atoms with E-state index in [-0.39, 0.29) is 5.01 Å². The van der Waals surface area contributed by atoms with Crippen LogP contribution in [0, 0.1) is 0 Å². The van der Waals surface area contributed by atoms with Crippen molar-refractivity contribution < 1.29 is 17.4 Å². The van der Waals surface area contributed by atoms with Gasteiger partial charge in [-0.25, -0.2) is 4.98 Å². The van der Waals surface area contributed by atoms with Gasteiger partial charge in [0.15, 0.2) is 0 Å². The molecule has 0 unspecified atom stereocenters. The van der Waals surface area contributed by atoms with Crippen LogP contribution in [0.5, 0.6) is 0 Å². The van der Waals surface area contributed by atoms with Crippen LogP contribution < -0.4 is 4.90 Å². The van der Waals surface area contributed by atoms with Gasteiger partial charge in [0.1, 0.15) is 5.01 Å². The van der Waals surface area contributed by atoms with Crippen molar-refractivity contribution in [3.8, 4) is 10.4 Å². The first kappa shape index (κ1) is 16.4. The zero-order valence-corrected chi connectivity index (χ0v) is 13.8. The molecule has 23 heavy (non-hydrogen) atoms. The first-order valence-corrected chi connectivity index (χ1v) is 9.43. The zero-order chi connectivity index (χ0) is 16.4. The van der Waals surface area contributed by atoms with Gasteiger partial charge in [0.05, 0.1) is 11.3 Å². The predicted molar refractivity (Wildman–Crippen MR) is 87.4 cm³/mol. The van der Waals surface area contributed by atoms with Crippen LogP contribution in [0.15, 0.2) is 30.5 Å². The number of benzene rings is 1. The van der Waals surface area contributed by atoms with E-state index < -0.39 is 23.4 Å². The molecule has 1 aromatic carbocycles. The Morgan fingerprint density at radius 2 is 1.83 bits per heavy atom. The molecule has 0 amide bonds. The summed E-state index contributed by atoms with van der Waals surface area (Å²) in [6.07, 6.45) is -3.72. The fraction of sp³-hybridized carbons (Fsp3) is 0.400. The van der Waals surface area contributed by atoms with E-state index in [1.54, 1.807) is 0 Å². The van der Waals surface area contributed by atoms with E-state index in [0.717, 1.165) is 40.6 Å². The molecule has 8 heteroatoms. The number of hydrogen-bond donors (Lipinski definition) is 0. The van der Waals surface area contributed by atoms with Crippen molar-refractivity contribution in [3.63, 3.8) is 0 Å². The number of alkyl halides is 3. The Hall–Kier alpha value is -1.41. The third-order valence-corrected chi connectivity index (χ3v) is 5.92. The Balaban J connectivity index is 1.71. The maximum Gasteiger partial charge on any atom is 0.395 e. The van der Waals surface area contributed by atoms with Crippen molar-refractivity contribution in [1.82, 2.24) is 4.98 Å². The Morgan fingerprint density at radius 3 is 2.43 bits per heavy atom. The minimum Gasteiger partial charge on any atom is -0.370 e. The van der Waals surface area contributed by atoms with Crippen molar-refractivity contribution in [1.29, 1.82) is 0 Å². The quantitative estimate of drug-likeness (QED) is 0.840. The molecule has 2 aromatic rings. The molecule has 1 aliphatic heterocycles. The van der Waals surface area contributed by atoms with E-state index in [1.165, 1.54) is 6.20 Å². The Kier molecular flexibility index (Phi) is 4.72. The zero-order valence-electron chi connectivity index (χ0n) is 12.2. The van der Waals surface area contributed by atoms with Gasteiger partial charge < -0.3 is 4.90 Å². The molecule has 0 radical (unpaired) electrons. The minimum atomic E-state index is -4.23. The molecule has 0 saturated carbocycles. The summed E-state index contributed by atoms with van der Waals surface area (Å²) in [5.74, 6) is 1.36. The summed E-state index contributed by atoms with van der Waals surface area (Å²) in [7, 11) is -0.715. The lowest BCUT2D eigenvalue weighted by Crippen LogP contribution is -2.37. The molecule has 2 heterocycles. The highest BCUT2D eigenvalue weighted by atomic mass is 32.2. The second-order valence-electron chi connectivity index (χ2n) is 5.29. The lowest BCUT2D eigenvalue weighted by molar-refractivity contribution is -0.127. The van der Waals surface area contributed by atoms with Crippen molar-refractivity contribution in [2.75, 3.05) is 29.5 Å². The summed E-state index contributed by atoms with van der Waals surface area (Å²) in [4.78, 5) is 6.76. The molecule has 1 fully saturated rings. The average molecular weight is 360 g/mol. The van der Waals surface area contributed by atoms with Crippen molar-refractivity contribution in [2.24, 2.45) is 0 Å². The molecular weight excluding hydrogens is 345 g/mol. The van der Waals surface area contributed by atoms with Gasteiger partial charge in [-0.15, -0.1) is 11.3 Å². The number of rotatable bonds is 3. The van der Waals surface area contributed by atoms with Gasteiger partial charge in [0.25, 0.3) is 0 Å². The maximum atomic E-state index is 12.4. The summed E-state index contributed by atoms with van der Waals surface area (Å²) in [5, 5.41) is 0.0788. The minimum absolute atomic E-state index is 0.0788. The Morgan fingerprint density at radius 1 is 1.17 bits per heavy atom. The molecule has 1 aromatic heterocycles. The summed E-state index contributed by atoms with van der Waals surface area (Å²) in [6.45, 7) is 1.53. The summed E-state index contributed by atoms with van der Waals surface area (Å²) < 4.78 is 48.5. The highest BCUT2D eigenvalue weighted by Crippen LogP contribution is 2.31. The molecule has 0 N–H and O–H groups in total. The third kappa shape index (κ3) is 4.32. The van der Waals surface area contributed by atoms with E-state index in [0.29, 0.717) is 11.5 Å². The fourth-order valence-corrected chi connectivity index (χ4v) is 4.44. The highest BCUT2D eigenvalue weighted by Gasteiger charge is 2.29. The van der Waals surface area contributed by atoms with E-state index in [1.807, 2.05) is 24.3 Å². The molecular formula is C15H15F3N2OS2. The van der Waals surface area contributed by atoms with E-state index in [4.69, 9.17) is 0 Å². The van der Waals surface area contributed by atoms with Crippen LogP contribution in [0.1, 0.15) is 5.01 Å². The van der Waals surface area contributed by atoms with Crippen LogP contribution in [-0.4, -0.2) is 40.0 Å². The number of aromatic nitrogens is 1. The molecule has 3 nitrogen and oxygen atoms in total. The monoisotopic (exact) mass is 360 g/mol. The van der Waals surface area contributed by atoms with Crippen molar-refractivity contribution in [3.05, 3.63) is 35.5 Å². The van der Waals surface area contributed by atoms with Crippen molar-refractivity contribution in [2.45, 2.75) is 12.6 Å². The first-order chi connectivity index (χ1) is 10.9. The lowest BCUT2D eigenvalue weighted by atomic mass is 10.2. The smallest absolute Gasteiger partial charge is 0.370 e. The fourth-order valence-electron chi connectivity index (χ4n) is 2.43. The van der Waals surface area contributed by atoms with E-state index in [9.17, 15) is 17.4 Å². The number of halogens is 3. The summed E-state index contributed by atoms with van der Waals surface area (Å²) in [5.41, 5.74) is 1.91. The average Bonchev–Trinajstić information content (AvgIpc) is 2.95. The number of hydrogen-bond acceptors (Lipinski definition) is 4. The molecule has 1 saturated heterocycles. The predicted octanol–water partition coefficient (Wildman–Crippen LogP) is 3.48. The van der Waals surface area contributed by atoms with Crippen LogP contribution in [-0.2, 0) is 17.2 Å². The molecule has 0 atom stereocenters. The Labute approximate surface area is 138 Å².